The maximum atomic E-state index is 8.74. The van der Waals surface area contributed by atoms with Gasteiger partial charge in [-0.25, -0.2) is 0 Å². The van der Waals surface area contributed by atoms with Crippen molar-refractivity contribution in [3.05, 3.63) is 0 Å². The first-order valence-corrected chi connectivity index (χ1v) is 8.09. The minimum atomic E-state index is -4.67. The predicted octanol–water partition coefficient (Wildman–Crippen LogP) is 2.86. The first-order chi connectivity index (χ1) is 8.41. The first-order valence-electron chi connectivity index (χ1n) is 6.69. The molecule has 7 heteroatoms. The SMILES string of the molecule is CCCCCCOCCCCCC.O=S(=O)(O)O.[NaH]. The van der Waals surface area contributed by atoms with E-state index in [0.29, 0.717) is 0 Å². The molecule has 0 spiro atoms. The van der Waals surface area contributed by atoms with Gasteiger partial charge in [-0.15, -0.1) is 0 Å². The second kappa shape index (κ2) is 18.8. The molecule has 5 nitrogen and oxygen atoms in total. The van der Waals surface area contributed by atoms with Gasteiger partial charge in [0.05, 0.1) is 0 Å². The average molecular weight is 308 g/mol. The number of unbranched alkanes of at least 4 members (excludes halogenated alkanes) is 6. The van der Waals surface area contributed by atoms with Crippen molar-refractivity contribution >= 4 is 40.0 Å². The third-order valence-electron chi connectivity index (χ3n) is 2.28. The van der Waals surface area contributed by atoms with Gasteiger partial charge < -0.3 is 4.74 Å². The van der Waals surface area contributed by atoms with Crippen molar-refractivity contribution in [3.8, 4) is 0 Å². The summed E-state index contributed by atoms with van der Waals surface area (Å²) in [6.45, 7) is 6.44. The zero-order valence-corrected chi connectivity index (χ0v) is 12.4. The Labute approximate surface area is 140 Å². The molecule has 0 heterocycles. The van der Waals surface area contributed by atoms with Crippen LogP contribution in [-0.2, 0) is 15.1 Å². The standard InChI is InChI=1S/C12H26O.Na.H2O4S.H/c1-3-5-7-9-11-13-12-10-8-6-4-2;;1-5(2,3)4;/h3-12H2,1-2H3;;(H2,1,2,3,4);. The average Bonchev–Trinajstić information content (AvgIpc) is 2.25. The van der Waals surface area contributed by atoms with E-state index >= 15 is 0 Å². The van der Waals surface area contributed by atoms with Gasteiger partial charge in [-0.05, 0) is 12.8 Å². The van der Waals surface area contributed by atoms with E-state index in [1.165, 1.54) is 51.4 Å². The third kappa shape index (κ3) is 45.5. The summed E-state index contributed by atoms with van der Waals surface area (Å²) in [6.07, 6.45) is 10.5. The fourth-order valence-corrected chi connectivity index (χ4v) is 1.36. The van der Waals surface area contributed by atoms with E-state index in [4.69, 9.17) is 22.3 Å². The first kappa shape index (κ1) is 24.8. The molecular formula is C12H29NaO5S. The van der Waals surface area contributed by atoms with E-state index in [9.17, 15) is 0 Å². The molecular weight excluding hydrogens is 279 g/mol. The van der Waals surface area contributed by atoms with Crippen LogP contribution >= 0.6 is 0 Å². The van der Waals surface area contributed by atoms with E-state index in [2.05, 4.69) is 13.8 Å². The molecule has 2 N–H and O–H groups in total. The molecule has 0 rings (SSSR count). The van der Waals surface area contributed by atoms with E-state index in [1.54, 1.807) is 0 Å². The molecule has 0 aliphatic rings. The van der Waals surface area contributed by atoms with Gasteiger partial charge in [0, 0.05) is 13.2 Å². The topological polar surface area (TPSA) is 83.8 Å². The molecule has 114 valence electrons. The van der Waals surface area contributed by atoms with Crippen LogP contribution in [0.25, 0.3) is 0 Å². The summed E-state index contributed by atoms with van der Waals surface area (Å²) in [7, 11) is -4.67. The molecule has 0 saturated carbocycles. The number of rotatable bonds is 10. The van der Waals surface area contributed by atoms with Crippen molar-refractivity contribution in [2.45, 2.75) is 65.2 Å². The van der Waals surface area contributed by atoms with Gasteiger partial charge in [0.25, 0.3) is 0 Å². The Kier molecular flexibility index (Phi) is 24.6. The van der Waals surface area contributed by atoms with Crippen LogP contribution in [0.15, 0.2) is 0 Å². The second-order valence-corrected chi connectivity index (χ2v) is 5.08. The number of hydrogen-bond donors (Lipinski definition) is 2. The summed E-state index contributed by atoms with van der Waals surface area (Å²) in [5, 5.41) is 0. The Morgan fingerprint density at radius 2 is 1.11 bits per heavy atom. The van der Waals surface area contributed by atoms with Crippen LogP contribution in [0.1, 0.15) is 65.2 Å². The van der Waals surface area contributed by atoms with Crippen LogP contribution < -0.4 is 0 Å². The molecule has 0 fully saturated rings. The number of ether oxygens (including phenoxy) is 1. The Balaban J connectivity index is -0.000000366. The monoisotopic (exact) mass is 308 g/mol. The van der Waals surface area contributed by atoms with E-state index in [-0.39, 0.29) is 29.6 Å². The van der Waals surface area contributed by atoms with Crippen molar-refractivity contribution in [1.82, 2.24) is 0 Å². The molecule has 0 aliphatic carbocycles. The molecule has 0 unspecified atom stereocenters. The van der Waals surface area contributed by atoms with Crippen LogP contribution in [-0.4, -0.2) is 60.3 Å². The Hall–Kier alpha value is 0.830. The normalized spacial score (nSPS) is 10.3. The summed E-state index contributed by atoms with van der Waals surface area (Å²) >= 11 is 0. The molecule has 0 aliphatic heterocycles. The van der Waals surface area contributed by atoms with Crippen LogP contribution in [0.4, 0.5) is 0 Å². The van der Waals surface area contributed by atoms with Crippen molar-refractivity contribution in [2.75, 3.05) is 13.2 Å². The Morgan fingerprint density at radius 3 is 1.37 bits per heavy atom. The van der Waals surface area contributed by atoms with Gasteiger partial charge in [-0.1, -0.05) is 52.4 Å². The predicted molar refractivity (Wildman–Crippen MR) is 80.4 cm³/mol. The molecule has 0 saturated heterocycles. The zero-order chi connectivity index (χ0) is 14.3. The van der Waals surface area contributed by atoms with Crippen molar-refractivity contribution in [1.29, 1.82) is 0 Å². The maximum absolute atomic E-state index is 8.74. The second-order valence-electron chi connectivity index (χ2n) is 4.18. The van der Waals surface area contributed by atoms with Crippen molar-refractivity contribution in [2.24, 2.45) is 0 Å². The third-order valence-corrected chi connectivity index (χ3v) is 2.28. The van der Waals surface area contributed by atoms with E-state index in [0.717, 1.165) is 13.2 Å². The van der Waals surface area contributed by atoms with Gasteiger partial charge >= 0.3 is 40.0 Å². The number of hydrogen-bond acceptors (Lipinski definition) is 3. The molecule has 0 amide bonds. The molecule has 0 atom stereocenters. The minimum absolute atomic E-state index is 0. The van der Waals surface area contributed by atoms with Crippen LogP contribution in [0.5, 0.6) is 0 Å². The summed E-state index contributed by atoms with van der Waals surface area (Å²) in [5.41, 5.74) is 0. The fraction of sp³-hybridized carbons (Fsp3) is 1.00. The summed E-state index contributed by atoms with van der Waals surface area (Å²) in [5.74, 6) is 0. The van der Waals surface area contributed by atoms with Crippen LogP contribution in [0, 0.1) is 0 Å². The van der Waals surface area contributed by atoms with Crippen LogP contribution in [0.2, 0.25) is 0 Å². The molecule has 0 aromatic rings. The quantitative estimate of drug-likeness (QED) is 0.368. The molecule has 0 aromatic heterocycles. The van der Waals surface area contributed by atoms with Crippen LogP contribution in [0.3, 0.4) is 0 Å². The molecule has 19 heavy (non-hydrogen) atoms. The molecule has 0 radical (unpaired) electrons. The summed E-state index contributed by atoms with van der Waals surface area (Å²) < 4.78 is 37.1. The van der Waals surface area contributed by atoms with Gasteiger partial charge in [0.2, 0.25) is 0 Å². The van der Waals surface area contributed by atoms with Gasteiger partial charge in [-0.3, -0.25) is 9.11 Å². The summed E-state index contributed by atoms with van der Waals surface area (Å²) in [4.78, 5) is 0. The zero-order valence-electron chi connectivity index (χ0n) is 11.6. The van der Waals surface area contributed by atoms with Gasteiger partial charge in [-0.2, -0.15) is 8.42 Å². The fourth-order valence-electron chi connectivity index (χ4n) is 1.36. The van der Waals surface area contributed by atoms with E-state index < -0.39 is 10.4 Å². The summed E-state index contributed by atoms with van der Waals surface area (Å²) in [6, 6.07) is 0. The van der Waals surface area contributed by atoms with Gasteiger partial charge in [0.1, 0.15) is 0 Å². The molecule has 0 aromatic carbocycles. The van der Waals surface area contributed by atoms with Gasteiger partial charge in [0.15, 0.2) is 0 Å². The molecule has 0 bridgehead atoms. The Morgan fingerprint density at radius 1 is 0.789 bits per heavy atom. The van der Waals surface area contributed by atoms with Crippen molar-refractivity contribution in [3.63, 3.8) is 0 Å². The Bertz CT molecular complexity index is 227. The van der Waals surface area contributed by atoms with E-state index in [1.807, 2.05) is 0 Å². The van der Waals surface area contributed by atoms with Crippen molar-refractivity contribution < 1.29 is 22.3 Å².